The van der Waals surface area contributed by atoms with Gasteiger partial charge in [0.25, 0.3) is 5.91 Å². The Morgan fingerprint density at radius 2 is 2.27 bits per heavy atom. The lowest BCUT2D eigenvalue weighted by molar-refractivity contribution is 0.0932. The van der Waals surface area contributed by atoms with E-state index in [0.717, 1.165) is 55.3 Å². The first-order chi connectivity index (χ1) is 12.6. The standard InChI is InChI=1S/C18H24N6O2/c1-12-15(9-20-23(12)2)17(25)21-14-4-3-6-24(10-14)18-19-8-13-11-26-7-5-16(13)22-18/h8-9,14H,3-7,10-11H2,1-2H3,(H,21,25). The smallest absolute Gasteiger partial charge is 0.255 e. The molecule has 1 amide bonds. The number of fused-ring (bicyclic) bond motifs is 1. The number of hydrogen-bond donors (Lipinski definition) is 1. The molecule has 1 fully saturated rings. The van der Waals surface area contributed by atoms with Crippen LogP contribution in [0.4, 0.5) is 5.95 Å². The molecule has 8 nitrogen and oxygen atoms in total. The molecule has 0 spiro atoms. The summed E-state index contributed by atoms with van der Waals surface area (Å²) in [5.41, 5.74) is 3.66. The van der Waals surface area contributed by atoms with Crippen LogP contribution in [-0.4, -0.2) is 51.4 Å². The molecule has 0 bridgehead atoms. The molecule has 8 heteroatoms. The highest BCUT2D eigenvalue weighted by molar-refractivity contribution is 5.95. The minimum absolute atomic E-state index is 0.0639. The predicted octanol–water partition coefficient (Wildman–Crippen LogP) is 0.990. The van der Waals surface area contributed by atoms with Crippen molar-refractivity contribution in [2.24, 2.45) is 7.05 Å². The fourth-order valence-electron chi connectivity index (χ4n) is 3.53. The molecule has 4 rings (SSSR count). The molecule has 4 heterocycles. The van der Waals surface area contributed by atoms with Crippen LogP contribution < -0.4 is 10.2 Å². The molecule has 26 heavy (non-hydrogen) atoms. The maximum absolute atomic E-state index is 12.6. The number of aromatic nitrogens is 4. The summed E-state index contributed by atoms with van der Waals surface area (Å²) in [4.78, 5) is 24.0. The van der Waals surface area contributed by atoms with Gasteiger partial charge in [0.05, 0.1) is 30.7 Å². The minimum atomic E-state index is -0.0639. The van der Waals surface area contributed by atoms with Gasteiger partial charge in [-0.25, -0.2) is 9.97 Å². The number of amides is 1. The number of ether oxygens (including phenoxy) is 1. The molecular formula is C18H24N6O2. The zero-order valence-electron chi connectivity index (χ0n) is 15.2. The van der Waals surface area contributed by atoms with E-state index in [1.165, 1.54) is 0 Å². The van der Waals surface area contributed by atoms with Gasteiger partial charge in [-0.2, -0.15) is 5.10 Å². The molecule has 2 aromatic rings. The van der Waals surface area contributed by atoms with Gasteiger partial charge in [0.15, 0.2) is 0 Å². The molecule has 1 saturated heterocycles. The summed E-state index contributed by atoms with van der Waals surface area (Å²) in [5.74, 6) is 0.688. The first-order valence-electron chi connectivity index (χ1n) is 9.09. The SMILES string of the molecule is Cc1c(C(=O)NC2CCCN(c3ncc4c(n3)CCOC4)C2)cnn1C. The zero-order chi connectivity index (χ0) is 18.1. The lowest BCUT2D eigenvalue weighted by Crippen LogP contribution is -2.48. The number of piperidine rings is 1. The number of nitrogens with one attached hydrogen (secondary N) is 1. The molecule has 2 aliphatic rings. The predicted molar refractivity (Wildman–Crippen MR) is 96.0 cm³/mol. The van der Waals surface area contributed by atoms with Crippen molar-refractivity contribution in [1.29, 1.82) is 0 Å². The average Bonchev–Trinajstić information content (AvgIpc) is 3.00. The van der Waals surface area contributed by atoms with Gasteiger partial charge in [0, 0.05) is 50.1 Å². The Balaban J connectivity index is 1.44. The van der Waals surface area contributed by atoms with Gasteiger partial charge in [-0.15, -0.1) is 0 Å². The third-order valence-corrected chi connectivity index (χ3v) is 5.20. The van der Waals surface area contributed by atoms with Crippen molar-refractivity contribution in [3.8, 4) is 0 Å². The number of aryl methyl sites for hydroxylation is 1. The fraction of sp³-hybridized carbons (Fsp3) is 0.556. The Hall–Kier alpha value is -2.48. The molecule has 2 aliphatic heterocycles. The van der Waals surface area contributed by atoms with Crippen LogP contribution in [0.5, 0.6) is 0 Å². The second-order valence-corrected chi connectivity index (χ2v) is 6.97. The van der Waals surface area contributed by atoms with E-state index in [-0.39, 0.29) is 11.9 Å². The highest BCUT2D eigenvalue weighted by Gasteiger charge is 2.25. The Morgan fingerprint density at radius 1 is 1.38 bits per heavy atom. The van der Waals surface area contributed by atoms with E-state index in [9.17, 15) is 4.79 Å². The van der Waals surface area contributed by atoms with Gasteiger partial charge >= 0.3 is 0 Å². The summed E-state index contributed by atoms with van der Waals surface area (Å²) in [6.07, 6.45) is 6.29. The molecule has 0 radical (unpaired) electrons. The quantitative estimate of drug-likeness (QED) is 0.883. The average molecular weight is 356 g/mol. The highest BCUT2D eigenvalue weighted by atomic mass is 16.5. The second-order valence-electron chi connectivity index (χ2n) is 6.97. The molecule has 1 unspecified atom stereocenters. The zero-order valence-corrected chi connectivity index (χ0v) is 15.2. The van der Waals surface area contributed by atoms with Crippen LogP contribution in [0.3, 0.4) is 0 Å². The molecule has 0 aliphatic carbocycles. The Labute approximate surface area is 152 Å². The van der Waals surface area contributed by atoms with Crippen molar-refractivity contribution in [3.05, 3.63) is 34.9 Å². The summed E-state index contributed by atoms with van der Waals surface area (Å²) in [7, 11) is 1.84. The van der Waals surface area contributed by atoms with E-state index in [1.54, 1.807) is 10.9 Å². The van der Waals surface area contributed by atoms with Crippen molar-refractivity contribution in [1.82, 2.24) is 25.1 Å². The molecule has 0 aromatic carbocycles. The summed E-state index contributed by atoms with van der Waals surface area (Å²) in [5, 5.41) is 7.29. The molecule has 138 valence electrons. The molecule has 1 atom stereocenters. The van der Waals surface area contributed by atoms with Crippen molar-refractivity contribution >= 4 is 11.9 Å². The van der Waals surface area contributed by atoms with Gasteiger partial charge in [-0.3, -0.25) is 9.48 Å². The normalized spacial score (nSPS) is 19.9. The van der Waals surface area contributed by atoms with Gasteiger partial charge in [-0.05, 0) is 19.8 Å². The maximum atomic E-state index is 12.6. The van der Waals surface area contributed by atoms with Crippen molar-refractivity contribution in [2.75, 3.05) is 24.6 Å². The second kappa shape index (κ2) is 7.03. The molecule has 2 aromatic heterocycles. The van der Waals surface area contributed by atoms with E-state index in [4.69, 9.17) is 9.72 Å². The third kappa shape index (κ3) is 3.29. The monoisotopic (exact) mass is 356 g/mol. The Morgan fingerprint density at radius 3 is 3.08 bits per heavy atom. The number of carbonyl (C=O) groups excluding carboxylic acids is 1. The van der Waals surface area contributed by atoms with Crippen LogP contribution in [0, 0.1) is 6.92 Å². The topological polar surface area (TPSA) is 85.2 Å². The van der Waals surface area contributed by atoms with Gasteiger partial charge in [0.1, 0.15) is 0 Å². The largest absolute Gasteiger partial charge is 0.376 e. The molecule has 0 saturated carbocycles. The number of nitrogens with zero attached hydrogens (tertiary/aromatic N) is 5. The Bertz CT molecular complexity index is 818. The molecule has 1 N–H and O–H groups in total. The van der Waals surface area contributed by atoms with Crippen LogP contribution >= 0.6 is 0 Å². The van der Waals surface area contributed by atoms with Gasteiger partial charge < -0.3 is 15.0 Å². The van der Waals surface area contributed by atoms with Crippen molar-refractivity contribution in [3.63, 3.8) is 0 Å². The summed E-state index contributed by atoms with van der Waals surface area (Å²) in [6.45, 7) is 4.85. The lowest BCUT2D eigenvalue weighted by atomic mass is 10.1. The summed E-state index contributed by atoms with van der Waals surface area (Å²) >= 11 is 0. The fourth-order valence-corrected chi connectivity index (χ4v) is 3.53. The van der Waals surface area contributed by atoms with E-state index in [0.29, 0.717) is 18.8 Å². The van der Waals surface area contributed by atoms with Crippen LogP contribution in [0.15, 0.2) is 12.4 Å². The van der Waals surface area contributed by atoms with Crippen LogP contribution in [0.25, 0.3) is 0 Å². The molecular weight excluding hydrogens is 332 g/mol. The van der Waals surface area contributed by atoms with Gasteiger partial charge in [0.2, 0.25) is 5.95 Å². The number of rotatable bonds is 3. The first-order valence-corrected chi connectivity index (χ1v) is 9.09. The van der Waals surface area contributed by atoms with E-state index < -0.39 is 0 Å². The van der Waals surface area contributed by atoms with Crippen molar-refractivity contribution < 1.29 is 9.53 Å². The summed E-state index contributed by atoms with van der Waals surface area (Å²) < 4.78 is 7.16. The number of hydrogen-bond acceptors (Lipinski definition) is 6. The van der Waals surface area contributed by atoms with E-state index in [2.05, 4.69) is 20.3 Å². The number of carbonyl (C=O) groups is 1. The first kappa shape index (κ1) is 17.0. The van der Waals surface area contributed by atoms with Crippen LogP contribution in [-0.2, 0) is 24.8 Å². The highest BCUT2D eigenvalue weighted by Crippen LogP contribution is 2.20. The van der Waals surface area contributed by atoms with Crippen LogP contribution in [0.2, 0.25) is 0 Å². The van der Waals surface area contributed by atoms with Crippen molar-refractivity contribution in [2.45, 2.75) is 38.8 Å². The Kier molecular flexibility index (Phi) is 4.58. The minimum Gasteiger partial charge on any atom is -0.376 e. The van der Waals surface area contributed by atoms with Crippen LogP contribution in [0.1, 0.15) is 40.2 Å². The third-order valence-electron chi connectivity index (χ3n) is 5.20. The van der Waals surface area contributed by atoms with Gasteiger partial charge in [-0.1, -0.05) is 0 Å². The van der Waals surface area contributed by atoms with E-state index >= 15 is 0 Å². The van der Waals surface area contributed by atoms with E-state index in [1.807, 2.05) is 20.2 Å². The number of anilines is 1. The summed E-state index contributed by atoms with van der Waals surface area (Å²) in [6, 6.07) is 0.0822. The lowest BCUT2D eigenvalue weighted by Gasteiger charge is -2.33. The maximum Gasteiger partial charge on any atom is 0.255 e.